The van der Waals surface area contributed by atoms with Gasteiger partial charge in [-0.1, -0.05) is 73.1 Å². The fourth-order valence-electron chi connectivity index (χ4n) is 6.00. The van der Waals surface area contributed by atoms with Crippen molar-refractivity contribution in [2.24, 2.45) is 0 Å². The fourth-order valence-corrected chi connectivity index (χ4v) is 6.00. The van der Waals surface area contributed by atoms with Crippen molar-refractivity contribution in [3.8, 4) is 0 Å². The third-order valence-corrected chi connectivity index (χ3v) is 7.84. The van der Waals surface area contributed by atoms with E-state index in [0.29, 0.717) is 0 Å². The summed E-state index contributed by atoms with van der Waals surface area (Å²) in [5.74, 6) is 0. The van der Waals surface area contributed by atoms with Crippen LogP contribution in [0, 0.1) is 12.7 Å². The molecule has 0 unspecified atom stereocenters. The van der Waals surface area contributed by atoms with Gasteiger partial charge in [-0.2, -0.15) is 37.0 Å². The van der Waals surface area contributed by atoms with Gasteiger partial charge in [0.2, 0.25) is 0 Å². The molecule has 0 bridgehead atoms. The van der Waals surface area contributed by atoms with Crippen molar-refractivity contribution >= 4 is 71.3 Å². The summed E-state index contributed by atoms with van der Waals surface area (Å²) in [5, 5.41) is 8.49. The molecule has 6 heteroatoms. The van der Waals surface area contributed by atoms with Gasteiger partial charge in [0, 0.05) is 23.0 Å². The summed E-state index contributed by atoms with van der Waals surface area (Å²) < 4.78 is 0. The van der Waals surface area contributed by atoms with Crippen molar-refractivity contribution < 1.29 is 20.1 Å². The molecule has 0 amide bonds. The van der Waals surface area contributed by atoms with Crippen molar-refractivity contribution in [3.05, 3.63) is 134 Å². The second-order valence-electron chi connectivity index (χ2n) is 10.2. The second-order valence-corrected chi connectivity index (χ2v) is 10.2. The Morgan fingerprint density at radius 3 is 2.26 bits per heavy atom. The van der Waals surface area contributed by atoms with E-state index in [1.807, 2.05) is 30.5 Å². The molecule has 0 spiro atoms. The van der Waals surface area contributed by atoms with Gasteiger partial charge < -0.3 is 19.8 Å². The number of benzene rings is 6. The number of anilines is 3. The first kappa shape index (κ1) is 26.1. The first-order valence-electron chi connectivity index (χ1n) is 13.6. The minimum absolute atomic E-state index is 0. The molecule has 9 rings (SSSR count). The topological polar surface area (TPSA) is 46.4 Å². The van der Waals surface area contributed by atoms with Crippen LogP contribution in [0.1, 0.15) is 0 Å². The molecule has 2 aromatic heterocycles. The van der Waals surface area contributed by atoms with Crippen molar-refractivity contribution in [2.45, 2.75) is 0 Å². The first-order valence-corrected chi connectivity index (χ1v) is 13.6. The number of hydrogen-bond acceptors (Lipinski definition) is 4. The number of imidazole rings is 1. The number of pyridine rings is 1. The Morgan fingerprint density at radius 2 is 1.38 bits per heavy atom. The largest absolute Gasteiger partial charge is 3.00 e. The number of rotatable bonds is 1. The Hall–Kier alpha value is -4.77. The van der Waals surface area contributed by atoms with E-state index < -0.39 is 0 Å². The monoisotopic (exact) mass is 719 g/mol. The smallest absolute Gasteiger partial charge is 0.504 e. The molecular weight excluding hydrogens is 695 g/mol. The van der Waals surface area contributed by atoms with Crippen LogP contribution in [-0.2, 0) is 20.1 Å². The Kier molecular flexibility index (Phi) is 6.58. The Balaban J connectivity index is 0.000000147. The van der Waals surface area contributed by atoms with Gasteiger partial charge >= 0.3 is 20.1 Å². The molecule has 5 nitrogen and oxygen atoms in total. The summed E-state index contributed by atoms with van der Waals surface area (Å²) in [7, 11) is 2.06. The predicted octanol–water partition coefficient (Wildman–Crippen LogP) is 8.39. The molecule has 8 aromatic rings. The third-order valence-electron chi connectivity index (χ3n) is 7.84. The van der Waals surface area contributed by atoms with Crippen LogP contribution < -0.4 is 14.8 Å². The summed E-state index contributed by atoms with van der Waals surface area (Å²) in [6, 6.07) is 41.0. The van der Waals surface area contributed by atoms with E-state index in [2.05, 4.69) is 129 Å². The Labute approximate surface area is 256 Å². The zero-order chi connectivity index (χ0) is 27.3. The maximum atomic E-state index is 4.60. The molecule has 1 aliphatic rings. The molecule has 202 valence electrons. The first-order chi connectivity index (χ1) is 20.3. The van der Waals surface area contributed by atoms with E-state index in [4.69, 9.17) is 0 Å². The number of nitrogens with zero attached hydrogens (tertiary/aromatic N) is 5. The number of aromatic nitrogens is 3. The molecule has 3 heterocycles. The van der Waals surface area contributed by atoms with Gasteiger partial charge in [0.1, 0.15) is 0 Å². The van der Waals surface area contributed by atoms with Crippen LogP contribution in [0.15, 0.2) is 122 Å². The molecule has 0 saturated carbocycles. The third kappa shape index (κ3) is 4.11. The summed E-state index contributed by atoms with van der Waals surface area (Å²) in [4.78, 5) is 17.8. The number of hydrogen-bond donors (Lipinski definition) is 0. The van der Waals surface area contributed by atoms with E-state index >= 15 is 0 Å². The van der Waals surface area contributed by atoms with Gasteiger partial charge in [-0.25, -0.2) is 0 Å². The summed E-state index contributed by atoms with van der Waals surface area (Å²) in [6.07, 6.45) is 3.45. The van der Waals surface area contributed by atoms with Crippen molar-refractivity contribution in [1.29, 1.82) is 0 Å². The second kappa shape index (κ2) is 10.6. The zero-order valence-electron chi connectivity index (χ0n) is 22.7. The molecule has 6 aromatic carbocycles. The maximum Gasteiger partial charge on any atom is 3.00 e. The van der Waals surface area contributed by atoms with E-state index in [1.165, 1.54) is 38.3 Å². The minimum atomic E-state index is 0. The molecule has 0 fully saturated rings. The molecular formula is C36H24IrN5. The van der Waals surface area contributed by atoms with Gasteiger partial charge in [0.25, 0.3) is 0 Å². The minimum Gasteiger partial charge on any atom is -0.504 e. The van der Waals surface area contributed by atoms with Crippen molar-refractivity contribution in [1.82, 2.24) is 15.0 Å². The SMILES string of the molecule is CN1[CH-]N(c2[c-]cccc2)c2ccccc21.[Ir+3].c1ccc2c(c1)ccc1c2ccc2c3nc[n-]c3c3ncccc3c12. The van der Waals surface area contributed by atoms with Gasteiger partial charge in [0.15, 0.2) is 0 Å². The van der Waals surface area contributed by atoms with Gasteiger partial charge in [-0.05, 0) is 68.6 Å². The zero-order valence-corrected chi connectivity index (χ0v) is 25.1. The Morgan fingerprint density at radius 1 is 0.667 bits per heavy atom. The normalized spacial score (nSPS) is 12.5. The molecule has 42 heavy (non-hydrogen) atoms. The van der Waals surface area contributed by atoms with Crippen LogP contribution in [0.3, 0.4) is 0 Å². The maximum absolute atomic E-state index is 4.60. The number of para-hydroxylation sites is 3. The van der Waals surface area contributed by atoms with Gasteiger partial charge in [-0.3, -0.25) is 4.98 Å². The summed E-state index contributed by atoms with van der Waals surface area (Å²) in [6.45, 7) is 2.08. The van der Waals surface area contributed by atoms with E-state index in [9.17, 15) is 0 Å². The van der Waals surface area contributed by atoms with Crippen LogP contribution in [-0.4, -0.2) is 17.0 Å². The standard InChI is InChI=1S/C22H12N3.C14H12N2.Ir/c1-2-5-14-13(4-1)7-8-16-15(14)9-10-18-19(16)17-6-3-11-23-20(17)22-21(18)24-12-25-22;1-15-11-16(12-7-3-2-4-8-12)14-10-6-5-9-13(14)15;/h1-12H;2-7,9-11H,1H3;/q-1;-2;+3. The quantitative estimate of drug-likeness (QED) is 0.126. The Bertz CT molecular complexity index is 2220. The van der Waals surface area contributed by atoms with E-state index in [0.717, 1.165) is 33.0 Å². The summed E-state index contributed by atoms with van der Waals surface area (Å²) >= 11 is 0. The fraction of sp³-hybridized carbons (Fsp3) is 0.0278. The van der Waals surface area contributed by atoms with Crippen LogP contribution in [0.2, 0.25) is 0 Å². The van der Waals surface area contributed by atoms with Crippen molar-refractivity contribution in [2.75, 3.05) is 16.8 Å². The molecule has 0 atom stereocenters. The predicted molar refractivity (Wildman–Crippen MR) is 169 cm³/mol. The molecule has 0 N–H and O–H groups in total. The molecule has 0 saturated heterocycles. The van der Waals surface area contributed by atoms with Gasteiger partial charge in [0.05, 0.1) is 5.52 Å². The van der Waals surface area contributed by atoms with E-state index in [1.54, 1.807) is 6.33 Å². The molecule has 1 aliphatic heterocycles. The van der Waals surface area contributed by atoms with Crippen LogP contribution in [0.25, 0.3) is 54.3 Å². The molecule has 0 radical (unpaired) electrons. The van der Waals surface area contributed by atoms with Crippen LogP contribution in [0.4, 0.5) is 17.1 Å². The van der Waals surface area contributed by atoms with Crippen molar-refractivity contribution in [3.63, 3.8) is 0 Å². The van der Waals surface area contributed by atoms with Crippen LogP contribution in [0.5, 0.6) is 0 Å². The summed E-state index contributed by atoms with van der Waals surface area (Å²) in [5.41, 5.74) is 6.22. The molecule has 0 aliphatic carbocycles. The average Bonchev–Trinajstić information content (AvgIpc) is 3.67. The van der Waals surface area contributed by atoms with Crippen LogP contribution >= 0.6 is 0 Å². The average molecular weight is 719 g/mol. The van der Waals surface area contributed by atoms with E-state index in [-0.39, 0.29) is 20.1 Å². The van der Waals surface area contributed by atoms with Gasteiger partial charge in [-0.15, -0.1) is 5.69 Å². The number of fused-ring (bicyclic) bond motifs is 11.